The molecule has 1 aromatic carbocycles. The van der Waals surface area contributed by atoms with Crippen molar-refractivity contribution in [1.29, 1.82) is 0 Å². The molecule has 1 aromatic heterocycles. The molecule has 0 fully saturated rings. The number of fused-ring (bicyclic) bond motifs is 1. The lowest BCUT2D eigenvalue weighted by atomic mass is 10.1. The van der Waals surface area contributed by atoms with Gasteiger partial charge in [0.2, 0.25) is 0 Å². The zero-order valence-corrected chi connectivity index (χ0v) is 12.8. The lowest BCUT2D eigenvalue weighted by molar-refractivity contribution is 0.160. The van der Waals surface area contributed by atoms with E-state index in [9.17, 15) is 5.11 Å². The fraction of sp³-hybridized carbons (Fsp3) is 0.471. The molecule has 0 aliphatic heterocycles. The van der Waals surface area contributed by atoms with Gasteiger partial charge >= 0.3 is 0 Å². The second kappa shape index (κ2) is 5.90. The topological polar surface area (TPSA) is 45.1 Å². The normalized spacial score (nSPS) is 13.7. The fourth-order valence-corrected chi connectivity index (χ4v) is 2.12. The number of benzene rings is 1. The van der Waals surface area contributed by atoms with Crippen molar-refractivity contribution < 1.29 is 5.11 Å². The molecule has 0 bridgehead atoms. The Balaban J connectivity index is 2.06. The van der Waals surface area contributed by atoms with Crippen LogP contribution in [-0.4, -0.2) is 28.3 Å². The first kappa shape index (κ1) is 14.9. The van der Waals surface area contributed by atoms with Crippen molar-refractivity contribution in [3.8, 4) is 0 Å². The lowest BCUT2D eigenvalue weighted by Gasteiger charge is -2.22. The highest BCUT2D eigenvalue weighted by atomic mass is 16.3. The van der Waals surface area contributed by atoms with Gasteiger partial charge < -0.3 is 10.4 Å². The molecule has 0 aliphatic rings. The molecular weight excluding hydrogens is 248 g/mol. The van der Waals surface area contributed by atoms with Gasteiger partial charge in [0.25, 0.3) is 0 Å². The Morgan fingerprint density at radius 2 is 1.90 bits per heavy atom. The van der Waals surface area contributed by atoms with Crippen LogP contribution in [0.4, 0.5) is 0 Å². The Bertz CT molecular complexity index is 587. The van der Waals surface area contributed by atoms with E-state index in [2.05, 4.69) is 62.3 Å². The molecule has 0 saturated heterocycles. The van der Waals surface area contributed by atoms with Gasteiger partial charge in [0.1, 0.15) is 0 Å². The minimum Gasteiger partial charge on any atom is -0.391 e. The van der Waals surface area contributed by atoms with E-state index >= 15 is 0 Å². The van der Waals surface area contributed by atoms with Crippen molar-refractivity contribution in [2.45, 2.75) is 45.8 Å². The maximum absolute atomic E-state index is 10.1. The molecule has 2 N–H and O–H groups in total. The highest BCUT2D eigenvalue weighted by Gasteiger charge is 2.13. The quantitative estimate of drug-likeness (QED) is 0.899. The Hall–Kier alpha value is -1.45. The fourth-order valence-electron chi connectivity index (χ4n) is 2.12. The number of pyridine rings is 1. The Morgan fingerprint density at radius 1 is 1.20 bits per heavy atom. The number of aliphatic hydroxyl groups excluding tert-OH is 1. The zero-order valence-electron chi connectivity index (χ0n) is 12.8. The van der Waals surface area contributed by atoms with E-state index in [4.69, 9.17) is 0 Å². The number of aromatic nitrogens is 1. The van der Waals surface area contributed by atoms with Crippen LogP contribution < -0.4 is 5.32 Å². The number of β-amino-alcohol motifs (C(OH)–C–C–N with tert-alkyl or cyclic N) is 1. The van der Waals surface area contributed by atoms with Gasteiger partial charge in [-0.1, -0.05) is 18.2 Å². The summed E-state index contributed by atoms with van der Waals surface area (Å²) < 4.78 is 0. The van der Waals surface area contributed by atoms with Crippen LogP contribution in [0.3, 0.4) is 0 Å². The number of nitrogens with zero attached hydrogens (tertiary/aromatic N) is 1. The first-order valence-electron chi connectivity index (χ1n) is 7.13. The van der Waals surface area contributed by atoms with Crippen LogP contribution in [0, 0.1) is 6.92 Å². The average molecular weight is 272 g/mol. The molecule has 3 nitrogen and oxygen atoms in total. The standard InChI is InChI=1S/C17H24N2O/c1-12-5-6-13-7-8-14(19-16(13)9-12)10-15(20)11-18-17(2,3)4/h5-9,15,18,20H,10-11H2,1-4H3. The summed E-state index contributed by atoms with van der Waals surface area (Å²) in [4.78, 5) is 4.63. The van der Waals surface area contributed by atoms with E-state index in [-0.39, 0.29) is 5.54 Å². The number of hydrogen-bond acceptors (Lipinski definition) is 3. The minimum absolute atomic E-state index is 0.0227. The molecule has 1 heterocycles. The molecule has 0 aliphatic carbocycles. The summed E-state index contributed by atoms with van der Waals surface area (Å²) in [5.41, 5.74) is 3.16. The van der Waals surface area contributed by atoms with Gasteiger partial charge in [0.05, 0.1) is 11.6 Å². The smallest absolute Gasteiger partial charge is 0.0720 e. The van der Waals surface area contributed by atoms with Crippen LogP contribution in [0.2, 0.25) is 0 Å². The Labute approximate surface area is 121 Å². The van der Waals surface area contributed by atoms with Crippen LogP contribution in [0.1, 0.15) is 32.0 Å². The Morgan fingerprint density at radius 3 is 2.60 bits per heavy atom. The van der Waals surface area contributed by atoms with E-state index in [1.54, 1.807) is 0 Å². The first-order valence-corrected chi connectivity index (χ1v) is 7.13. The van der Waals surface area contributed by atoms with Crippen LogP contribution in [-0.2, 0) is 6.42 Å². The van der Waals surface area contributed by atoms with Gasteiger partial charge in [0.15, 0.2) is 0 Å². The molecule has 2 rings (SSSR count). The summed E-state index contributed by atoms with van der Waals surface area (Å²) in [6, 6.07) is 10.3. The number of nitrogens with one attached hydrogen (secondary N) is 1. The molecule has 108 valence electrons. The molecule has 2 aromatic rings. The van der Waals surface area contributed by atoms with Crippen molar-refractivity contribution in [2.75, 3.05) is 6.54 Å². The summed E-state index contributed by atoms with van der Waals surface area (Å²) >= 11 is 0. The second-order valence-corrected chi connectivity index (χ2v) is 6.49. The maximum atomic E-state index is 10.1. The van der Waals surface area contributed by atoms with Gasteiger partial charge in [-0.15, -0.1) is 0 Å². The molecule has 1 unspecified atom stereocenters. The summed E-state index contributed by atoms with van der Waals surface area (Å²) in [5.74, 6) is 0. The third-order valence-electron chi connectivity index (χ3n) is 3.22. The zero-order chi connectivity index (χ0) is 14.8. The highest BCUT2D eigenvalue weighted by molar-refractivity contribution is 5.79. The third kappa shape index (κ3) is 4.29. The van der Waals surface area contributed by atoms with Crippen molar-refractivity contribution in [3.05, 3.63) is 41.6 Å². The van der Waals surface area contributed by atoms with Crippen molar-refractivity contribution in [1.82, 2.24) is 10.3 Å². The predicted octanol–water partition coefficient (Wildman–Crippen LogP) is 2.83. The number of aryl methyl sites for hydroxylation is 1. The number of rotatable bonds is 4. The maximum Gasteiger partial charge on any atom is 0.0720 e. The first-order chi connectivity index (χ1) is 9.33. The van der Waals surface area contributed by atoms with Crippen LogP contribution in [0.25, 0.3) is 10.9 Å². The molecule has 0 radical (unpaired) electrons. The van der Waals surface area contributed by atoms with Gasteiger partial charge in [-0.3, -0.25) is 4.98 Å². The highest BCUT2D eigenvalue weighted by Crippen LogP contribution is 2.15. The largest absolute Gasteiger partial charge is 0.391 e. The monoisotopic (exact) mass is 272 g/mol. The summed E-state index contributed by atoms with van der Waals surface area (Å²) in [5, 5.41) is 14.5. The summed E-state index contributed by atoms with van der Waals surface area (Å²) in [7, 11) is 0. The second-order valence-electron chi connectivity index (χ2n) is 6.49. The van der Waals surface area contributed by atoms with E-state index in [1.165, 1.54) is 5.56 Å². The third-order valence-corrected chi connectivity index (χ3v) is 3.22. The molecule has 1 atom stereocenters. The molecule has 20 heavy (non-hydrogen) atoms. The Kier molecular flexibility index (Phi) is 4.41. The number of hydrogen-bond donors (Lipinski definition) is 2. The van der Waals surface area contributed by atoms with Gasteiger partial charge in [-0.05, 0) is 45.4 Å². The number of aliphatic hydroxyl groups is 1. The lowest BCUT2D eigenvalue weighted by Crippen LogP contribution is -2.41. The molecular formula is C17H24N2O. The van der Waals surface area contributed by atoms with E-state index in [0.29, 0.717) is 13.0 Å². The molecule has 0 spiro atoms. The molecule has 0 amide bonds. The van der Waals surface area contributed by atoms with Crippen molar-refractivity contribution in [2.24, 2.45) is 0 Å². The summed E-state index contributed by atoms with van der Waals surface area (Å²) in [6.07, 6.45) is 0.163. The summed E-state index contributed by atoms with van der Waals surface area (Å²) in [6.45, 7) is 8.93. The molecule has 3 heteroatoms. The van der Waals surface area contributed by atoms with E-state index in [1.807, 2.05) is 6.07 Å². The van der Waals surface area contributed by atoms with Crippen molar-refractivity contribution >= 4 is 10.9 Å². The van der Waals surface area contributed by atoms with Crippen LogP contribution in [0.15, 0.2) is 30.3 Å². The average Bonchev–Trinajstić information content (AvgIpc) is 2.35. The minimum atomic E-state index is -0.413. The molecule has 0 saturated carbocycles. The van der Waals surface area contributed by atoms with Gasteiger partial charge in [0, 0.05) is 29.6 Å². The van der Waals surface area contributed by atoms with Gasteiger partial charge in [-0.2, -0.15) is 0 Å². The van der Waals surface area contributed by atoms with E-state index in [0.717, 1.165) is 16.6 Å². The van der Waals surface area contributed by atoms with Crippen molar-refractivity contribution in [3.63, 3.8) is 0 Å². The SMILES string of the molecule is Cc1ccc2ccc(CC(O)CNC(C)(C)C)nc2c1. The van der Waals surface area contributed by atoms with Gasteiger partial charge in [-0.25, -0.2) is 0 Å². The van der Waals surface area contributed by atoms with Crippen LogP contribution in [0.5, 0.6) is 0 Å². The van der Waals surface area contributed by atoms with E-state index < -0.39 is 6.10 Å². The predicted molar refractivity (Wildman–Crippen MR) is 83.9 cm³/mol. The van der Waals surface area contributed by atoms with Crippen LogP contribution >= 0.6 is 0 Å².